The lowest BCUT2D eigenvalue weighted by Crippen LogP contribution is -2.07. The molecule has 24 heavy (non-hydrogen) atoms. The molecule has 1 aromatic carbocycles. The lowest BCUT2D eigenvalue weighted by molar-refractivity contribution is -0.137. The Hall–Kier alpha value is -3.22. The number of hydrogen-bond acceptors (Lipinski definition) is 5. The van der Waals surface area contributed by atoms with Crippen molar-refractivity contribution in [3.05, 3.63) is 42.1 Å². The highest BCUT2D eigenvalue weighted by Crippen LogP contribution is 2.35. The molecule has 0 amide bonds. The highest BCUT2D eigenvalue weighted by molar-refractivity contribution is 6.08. The molecular weight excluding hydrogens is 310 g/mol. The summed E-state index contributed by atoms with van der Waals surface area (Å²) in [6, 6.07) is 3.12. The summed E-state index contributed by atoms with van der Waals surface area (Å²) in [4.78, 5) is 31.1. The van der Waals surface area contributed by atoms with Gasteiger partial charge in [-0.1, -0.05) is 0 Å². The largest absolute Gasteiger partial charge is 0.507 e. The molecule has 122 valence electrons. The van der Waals surface area contributed by atoms with Gasteiger partial charge in [0.25, 0.3) is 0 Å². The van der Waals surface area contributed by atoms with Crippen LogP contribution >= 0.6 is 0 Å². The number of hydrogen-bond donors (Lipinski definition) is 2. The zero-order chi connectivity index (χ0) is 17.4. The van der Waals surface area contributed by atoms with Crippen molar-refractivity contribution in [2.75, 3.05) is 0 Å². The fraction of sp³-hybridized carbons (Fsp3) is 0.176. The number of carbonyl (C=O) groups excluding carboxylic acids is 1. The fourth-order valence-corrected chi connectivity index (χ4v) is 2.65. The van der Waals surface area contributed by atoms with E-state index < -0.39 is 5.97 Å². The van der Waals surface area contributed by atoms with Gasteiger partial charge in [-0.05, 0) is 19.9 Å². The zero-order valence-electron chi connectivity index (χ0n) is 13.1. The normalized spacial score (nSPS) is 10.9. The molecule has 2 heterocycles. The first kappa shape index (κ1) is 15.7. The number of rotatable bonds is 4. The maximum Gasteiger partial charge on any atom is 0.323 e. The molecule has 7 nitrogen and oxygen atoms in total. The third-order valence-corrected chi connectivity index (χ3v) is 3.78. The van der Waals surface area contributed by atoms with E-state index in [1.54, 1.807) is 25.4 Å². The predicted octanol–water partition coefficient (Wildman–Crippen LogP) is 2.40. The summed E-state index contributed by atoms with van der Waals surface area (Å²) in [5.74, 6) is -0.635. The summed E-state index contributed by atoms with van der Waals surface area (Å²) in [5, 5.41) is 19.9. The minimum Gasteiger partial charge on any atom is -0.507 e. The van der Waals surface area contributed by atoms with Gasteiger partial charge in [0.1, 0.15) is 18.1 Å². The molecule has 0 spiro atoms. The Morgan fingerprint density at radius 1 is 1.21 bits per heavy atom. The Balaban J connectivity index is 2.25. The maximum absolute atomic E-state index is 11.9. The van der Waals surface area contributed by atoms with E-state index >= 15 is 0 Å². The SMILES string of the molecule is CC(=O)c1cn(CC(=O)O)c2cc(O)c(-c3cnc(C)nc3)cc12. The summed E-state index contributed by atoms with van der Waals surface area (Å²) >= 11 is 0. The van der Waals surface area contributed by atoms with E-state index in [4.69, 9.17) is 5.11 Å². The van der Waals surface area contributed by atoms with Gasteiger partial charge in [-0.2, -0.15) is 0 Å². The molecule has 0 radical (unpaired) electrons. The van der Waals surface area contributed by atoms with Crippen LogP contribution in [0.25, 0.3) is 22.0 Å². The first-order valence-electron chi connectivity index (χ1n) is 7.24. The molecule has 0 saturated heterocycles. The third-order valence-electron chi connectivity index (χ3n) is 3.78. The van der Waals surface area contributed by atoms with E-state index in [1.165, 1.54) is 23.8 Å². The number of aromatic nitrogens is 3. The van der Waals surface area contributed by atoms with Crippen LogP contribution in [0.2, 0.25) is 0 Å². The smallest absolute Gasteiger partial charge is 0.323 e. The van der Waals surface area contributed by atoms with Crippen molar-refractivity contribution in [2.24, 2.45) is 0 Å². The lowest BCUT2D eigenvalue weighted by Gasteiger charge is -2.07. The number of nitrogens with zero attached hydrogens (tertiary/aromatic N) is 3. The van der Waals surface area contributed by atoms with E-state index in [0.29, 0.717) is 33.4 Å². The Bertz CT molecular complexity index is 958. The monoisotopic (exact) mass is 325 g/mol. The molecule has 0 aliphatic rings. The number of aromatic hydroxyl groups is 1. The maximum atomic E-state index is 11.9. The minimum atomic E-state index is -1.03. The van der Waals surface area contributed by atoms with E-state index in [2.05, 4.69) is 9.97 Å². The van der Waals surface area contributed by atoms with Gasteiger partial charge in [0.2, 0.25) is 0 Å². The van der Waals surface area contributed by atoms with Gasteiger partial charge in [-0.25, -0.2) is 9.97 Å². The van der Waals surface area contributed by atoms with Gasteiger partial charge in [0, 0.05) is 46.7 Å². The molecule has 2 N–H and O–H groups in total. The van der Waals surface area contributed by atoms with Crippen molar-refractivity contribution in [1.29, 1.82) is 0 Å². The van der Waals surface area contributed by atoms with Crippen molar-refractivity contribution in [2.45, 2.75) is 20.4 Å². The van der Waals surface area contributed by atoms with Crippen LogP contribution in [-0.2, 0) is 11.3 Å². The van der Waals surface area contributed by atoms with Crippen LogP contribution < -0.4 is 0 Å². The van der Waals surface area contributed by atoms with Gasteiger partial charge in [0.05, 0.1) is 5.52 Å². The molecule has 0 bridgehead atoms. The van der Waals surface area contributed by atoms with Crippen molar-refractivity contribution in [1.82, 2.24) is 14.5 Å². The van der Waals surface area contributed by atoms with Crippen LogP contribution in [0.5, 0.6) is 5.75 Å². The number of carboxylic acid groups (broad SMARTS) is 1. The number of fused-ring (bicyclic) bond motifs is 1. The number of carbonyl (C=O) groups is 2. The summed E-state index contributed by atoms with van der Waals surface area (Å²) in [7, 11) is 0. The second kappa shape index (κ2) is 5.77. The summed E-state index contributed by atoms with van der Waals surface area (Å²) in [6.45, 7) is 2.88. The van der Waals surface area contributed by atoms with Crippen LogP contribution in [0.3, 0.4) is 0 Å². The van der Waals surface area contributed by atoms with Gasteiger partial charge in [-0.15, -0.1) is 0 Å². The molecule has 0 saturated carbocycles. The molecule has 0 fully saturated rings. The molecule has 0 unspecified atom stereocenters. The molecule has 2 aromatic heterocycles. The molecule has 0 aliphatic heterocycles. The van der Waals surface area contributed by atoms with Crippen LogP contribution in [0.4, 0.5) is 0 Å². The van der Waals surface area contributed by atoms with Crippen LogP contribution in [0.1, 0.15) is 23.1 Å². The number of carboxylic acids is 1. The summed E-state index contributed by atoms with van der Waals surface area (Å²) < 4.78 is 1.43. The van der Waals surface area contributed by atoms with Gasteiger partial charge < -0.3 is 14.8 Å². The minimum absolute atomic E-state index is 0.0326. The quantitative estimate of drug-likeness (QED) is 0.714. The van der Waals surface area contributed by atoms with Gasteiger partial charge in [0.15, 0.2) is 5.78 Å². The molecule has 7 heteroatoms. The Kier molecular flexibility index (Phi) is 3.76. The molecular formula is C17H15N3O4. The number of benzene rings is 1. The zero-order valence-corrected chi connectivity index (χ0v) is 13.1. The van der Waals surface area contributed by atoms with E-state index in [0.717, 1.165) is 0 Å². The standard InChI is InChI=1S/C17H15N3O4/c1-9(21)14-7-20(8-17(23)24)15-4-16(22)12(3-13(14)15)11-5-18-10(2)19-6-11/h3-7,22H,8H2,1-2H3,(H,23,24). The van der Waals surface area contributed by atoms with Crippen molar-refractivity contribution in [3.8, 4) is 16.9 Å². The predicted molar refractivity (Wildman–Crippen MR) is 87.0 cm³/mol. The highest BCUT2D eigenvalue weighted by Gasteiger charge is 2.17. The first-order chi connectivity index (χ1) is 11.4. The molecule has 0 aliphatic carbocycles. The van der Waals surface area contributed by atoms with Crippen LogP contribution in [0, 0.1) is 6.92 Å². The second-order valence-corrected chi connectivity index (χ2v) is 5.53. The number of phenols is 1. The number of ketones is 1. The number of aryl methyl sites for hydroxylation is 1. The molecule has 0 atom stereocenters. The average molecular weight is 325 g/mol. The topological polar surface area (TPSA) is 105 Å². The van der Waals surface area contributed by atoms with Crippen molar-refractivity contribution < 1.29 is 19.8 Å². The number of aliphatic carboxylic acids is 1. The Morgan fingerprint density at radius 2 is 1.88 bits per heavy atom. The molecule has 3 rings (SSSR count). The second-order valence-electron chi connectivity index (χ2n) is 5.53. The average Bonchev–Trinajstić information content (AvgIpc) is 2.85. The van der Waals surface area contributed by atoms with Gasteiger partial charge >= 0.3 is 5.97 Å². The fourth-order valence-electron chi connectivity index (χ4n) is 2.65. The van der Waals surface area contributed by atoms with E-state index in [-0.39, 0.29) is 18.1 Å². The molecule has 3 aromatic rings. The number of Topliss-reactive ketones (excluding diaryl/α,β-unsaturated/α-hetero) is 1. The van der Waals surface area contributed by atoms with Gasteiger partial charge in [-0.3, -0.25) is 9.59 Å². The van der Waals surface area contributed by atoms with Crippen molar-refractivity contribution >= 4 is 22.7 Å². The lowest BCUT2D eigenvalue weighted by atomic mass is 10.0. The summed E-state index contributed by atoms with van der Waals surface area (Å²) in [5.41, 5.74) is 1.98. The van der Waals surface area contributed by atoms with E-state index in [9.17, 15) is 14.7 Å². The number of phenolic OH excluding ortho intramolecular Hbond substituents is 1. The summed E-state index contributed by atoms with van der Waals surface area (Å²) in [6.07, 6.45) is 4.67. The van der Waals surface area contributed by atoms with E-state index in [1.807, 2.05) is 0 Å². The van der Waals surface area contributed by atoms with Crippen LogP contribution in [-0.4, -0.2) is 36.5 Å². The third kappa shape index (κ3) is 2.71. The first-order valence-corrected chi connectivity index (χ1v) is 7.24. The van der Waals surface area contributed by atoms with Crippen LogP contribution in [0.15, 0.2) is 30.7 Å². The Labute approximate surface area is 137 Å². The van der Waals surface area contributed by atoms with Crippen molar-refractivity contribution in [3.63, 3.8) is 0 Å². The highest BCUT2D eigenvalue weighted by atomic mass is 16.4. The Morgan fingerprint density at radius 3 is 2.46 bits per heavy atom.